The third kappa shape index (κ3) is 3.42. The SMILES string of the molecule is CC1CCN(c2nccc(-c3ccccc3)c2C(=O)OC(C)C)C1. The van der Waals surface area contributed by atoms with Crippen molar-refractivity contribution in [2.45, 2.75) is 33.3 Å². The molecule has 1 atom stereocenters. The van der Waals surface area contributed by atoms with Gasteiger partial charge in [0.15, 0.2) is 0 Å². The lowest BCUT2D eigenvalue weighted by atomic mass is 10.0. The molecule has 0 aliphatic carbocycles. The van der Waals surface area contributed by atoms with Crippen molar-refractivity contribution in [1.82, 2.24) is 4.98 Å². The zero-order valence-electron chi connectivity index (χ0n) is 14.5. The minimum atomic E-state index is -0.300. The number of nitrogens with zero attached hydrogens (tertiary/aromatic N) is 2. The summed E-state index contributed by atoms with van der Waals surface area (Å²) < 4.78 is 5.52. The van der Waals surface area contributed by atoms with Crippen LogP contribution in [0.1, 0.15) is 37.6 Å². The van der Waals surface area contributed by atoms with Crippen LogP contribution in [0.25, 0.3) is 11.1 Å². The van der Waals surface area contributed by atoms with Gasteiger partial charge in [-0.3, -0.25) is 0 Å². The number of carbonyl (C=O) groups is 1. The molecular weight excluding hydrogens is 300 g/mol. The zero-order valence-corrected chi connectivity index (χ0v) is 14.5. The highest BCUT2D eigenvalue weighted by molar-refractivity contribution is 6.02. The average Bonchev–Trinajstić information content (AvgIpc) is 3.00. The summed E-state index contributed by atoms with van der Waals surface area (Å²) in [6.45, 7) is 7.82. The molecule has 0 amide bonds. The smallest absolute Gasteiger partial charge is 0.342 e. The molecule has 1 saturated heterocycles. The van der Waals surface area contributed by atoms with Gasteiger partial charge in [-0.25, -0.2) is 9.78 Å². The Morgan fingerprint density at radius 2 is 2.00 bits per heavy atom. The van der Waals surface area contributed by atoms with Gasteiger partial charge in [-0.1, -0.05) is 37.3 Å². The van der Waals surface area contributed by atoms with E-state index in [-0.39, 0.29) is 12.1 Å². The van der Waals surface area contributed by atoms with Crippen LogP contribution >= 0.6 is 0 Å². The molecule has 2 heterocycles. The first kappa shape index (κ1) is 16.5. The normalized spacial score (nSPS) is 17.3. The lowest BCUT2D eigenvalue weighted by Crippen LogP contribution is -2.25. The predicted octanol–water partition coefficient (Wildman–Crippen LogP) is 4.16. The summed E-state index contributed by atoms with van der Waals surface area (Å²) in [7, 11) is 0. The molecule has 4 heteroatoms. The third-order valence-electron chi connectivity index (χ3n) is 4.29. The summed E-state index contributed by atoms with van der Waals surface area (Å²) in [5.41, 5.74) is 2.46. The van der Waals surface area contributed by atoms with Crippen LogP contribution in [-0.4, -0.2) is 30.1 Å². The topological polar surface area (TPSA) is 42.4 Å². The van der Waals surface area contributed by atoms with E-state index in [0.717, 1.165) is 36.5 Å². The number of aromatic nitrogens is 1. The zero-order chi connectivity index (χ0) is 17.1. The number of hydrogen-bond donors (Lipinski definition) is 0. The van der Waals surface area contributed by atoms with E-state index in [1.54, 1.807) is 6.20 Å². The molecule has 24 heavy (non-hydrogen) atoms. The quantitative estimate of drug-likeness (QED) is 0.792. The fourth-order valence-corrected chi connectivity index (χ4v) is 3.15. The lowest BCUT2D eigenvalue weighted by molar-refractivity contribution is 0.0379. The standard InChI is InChI=1S/C20H24N2O2/c1-14(2)24-20(23)18-17(16-7-5-4-6-8-16)9-11-21-19(18)22-12-10-15(3)13-22/h4-9,11,14-15H,10,12-13H2,1-3H3. The van der Waals surface area contributed by atoms with Crippen molar-refractivity contribution in [2.75, 3.05) is 18.0 Å². The molecule has 0 radical (unpaired) electrons. The molecule has 126 valence electrons. The van der Waals surface area contributed by atoms with Gasteiger partial charge >= 0.3 is 5.97 Å². The van der Waals surface area contributed by atoms with Crippen LogP contribution in [0, 0.1) is 5.92 Å². The fourth-order valence-electron chi connectivity index (χ4n) is 3.15. The predicted molar refractivity (Wildman–Crippen MR) is 96.2 cm³/mol. The van der Waals surface area contributed by atoms with E-state index in [2.05, 4.69) is 16.8 Å². The Bertz CT molecular complexity index is 713. The first-order chi connectivity index (χ1) is 11.6. The Balaban J connectivity index is 2.10. The van der Waals surface area contributed by atoms with Crippen LogP contribution in [0.2, 0.25) is 0 Å². The van der Waals surface area contributed by atoms with Crippen molar-refractivity contribution in [3.05, 3.63) is 48.2 Å². The van der Waals surface area contributed by atoms with Crippen molar-refractivity contribution < 1.29 is 9.53 Å². The second kappa shape index (κ2) is 7.04. The van der Waals surface area contributed by atoms with E-state index in [1.165, 1.54) is 0 Å². The summed E-state index contributed by atoms with van der Waals surface area (Å²) in [5, 5.41) is 0. The van der Waals surface area contributed by atoms with Gasteiger partial charge in [0.1, 0.15) is 11.4 Å². The van der Waals surface area contributed by atoms with Crippen LogP contribution in [0.5, 0.6) is 0 Å². The molecule has 3 rings (SSSR count). The highest BCUT2D eigenvalue weighted by Gasteiger charge is 2.28. The van der Waals surface area contributed by atoms with Gasteiger partial charge in [0.05, 0.1) is 6.10 Å². The number of hydrogen-bond acceptors (Lipinski definition) is 4. The molecule has 1 aromatic carbocycles. The molecule has 1 aliphatic heterocycles. The number of esters is 1. The molecule has 1 fully saturated rings. The van der Waals surface area contributed by atoms with E-state index in [0.29, 0.717) is 11.5 Å². The van der Waals surface area contributed by atoms with Gasteiger partial charge < -0.3 is 9.64 Å². The van der Waals surface area contributed by atoms with E-state index in [4.69, 9.17) is 4.74 Å². The van der Waals surface area contributed by atoms with Gasteiger partial charge in [0.25, 0.3) is 0 Å². The second-order valence-corrected chi connectivity index (χ2v) is 6.72. The number of pyridine rings is 1. The molecule has 1 aromatic heterocycles. The van der Waals surface area contributed by atoms with E-state index in [9.17, 15) is 4.79 Å². The third-order valence-corrected chi connectivity index (χ3v) is 4.29. The van der Waals surface area contributed by atoms with Crippen LogP contribution < -0.4 is 4.90 Å². The maximum Gasteiger partial charge on any atom is 0.342 e. The molecule has 2 aromatic rings. The van der Waals surface area contributed by atoms with Gasteiger partial charge in [0.2, 0.25) is 0 Å². The lowest BCUT2D eigenvalue weighted by Gasteiger charge is -2.22. The minimum Gasteiger partial charge on any atom is -0.459 e. The minimum absolute atomic E-state index is 0.160. The molecule has 0 N–H and O–H groups in total. The summed E-state index contributed by atoms with van der Waals surface area (Å²) in [6, 6.07) is 11.8. The Hall–Kier alpha value is -2.36. The summed E-state index contributed by atoms with van der Waals surface area (Å²) >= 11 is 0. The van der Waals surface area contributed by atoms with Crippen molar-refractivity contribution >= 4 is 11.8 Å². The Morgan fingerprint density at radius 3 is 2.62 bits per heavy atom. The van der Waals surface area contributed by atoms with Crippen LogP contribution in [-0.2, 0) is 4.74 Å². The highest BCUT2D eigenvalue weighted by atomic mass is 16.5. The van der Waals surface area contributed by atoms with Gasteiger partial charge in [-0.15, -0.1) is 0 Å². The van der Waals surface area contributed by atoms with E-state index in [1.807, 2.05) is 50.2 Å². The summed E-state index contributed by atoms with van der Waals surface area (Å²) in [4.78, 5) is 19.6. The monoisotopic (exact) mass is 324 g/mol. The Morgan fingerprint density at radius 1 is 1.25 bits per heavy atom. The van der Waals surface area contributed by atoms with Crippen LogP contribution in [0.15, 0.2) is 42.6 Å². The largest absolute Gasteiger partial charge is 0.459 e. The number of benzene rings is 1. The average molecular weight is 324 g/mol. The summed E-state index contributed by atoms with van der Waals surface area (Å²) in [6.07, 6.45) is 2.74. The Kier molecular flexibility index (Phi) is 4.84. The first-order valence-electron chi connectivity index (χ1n) is 8.56. The van der Waals surface area contributed by atoms with Crippen LogP contribution in [0.3, 0.4) is 0 Å². The van der Waals surface area contributed by atoms with Crippen molar-refractivity contribution in [2.24, 2.45) is 5.92 Å². The molecule has 0 bridgehead atoms. The molecule has 0 saturated carbocycles. The molecule has 1 aliphatic rings. The first-order valence-corrected chi connectivity index (χ1v) is 8.56. The number of carbonyl (C=O) groups excluding carboxylic acids is 1. The molecular formula is C20H24N2O2. The number of anilines is 1. The maximum absolute atomic E-state index is 12.8. The second-order valence-electron chi connectivity index (χ2n) is 6.72. The van der Waals surface area contributed by atoms with E-state index >= 15 is 0 Å². The van der Waals surface area contributed by atoms with Gasteiger partial charge in [-0.05, 0) is 37.8 Å². The van der Waals surface area contributed by atoms with Crippen molar-refractivity contribution in [3.8, 4) is 11.1 Å². The van der Waals surface area contributed by atoms with Crippen LogP contribution in [0.4, 0.5) is 5.82 Å². The molecule has 0 spiro atoms. The number of ether oxygens (including phenoxy) is 1. The maximum atomic E-state index is 12.8. The van der Waals surface area contributed by atoms with Gasteiger partial charge in [-0.2, -0.15) is 0 Å². The molecule has 1 unspecified atom stereocenters. The highest BCUT2D eigenvalue weighted by Crippen LogP contribution is 2.33. The summed E-state index contributed by atoms with van der Waals surface area (Å²) in [5.74, 6) is 1.05. The van der Waals surface area contributed by atoms with Crippen molar-refractivity contribution in [1.29, 1.82) is 0 Å². The van der Waals surface area contributed by atoms with Crippen molar-refractivity contribution in [3.63, 3.8) is 0 Å². The fraction of sp³-hybridized carbons (Fsp3) is 0.400. The molecule has 4 nitrogen and oxygen atoms in total. The number of rotatable bonds is 4. The Labute approximate surface area is 143 Å². The van der Waals surface area contributed by atoms with Gasteiger partial charge in [0, 0.05) is 24.8 Å². The van der Waals surface area contributed by atoms with E-state index < -0.39 is 0 Å².